The number of unbranched alkanes of at least 4 members (excludes halogenated alkanes) is 6. The van der Waals surface area contributed by atoms with Crippen LogP contribution in [0.25, 0.3) is 0 Å². The van der Waals surface area contributed by atoms with E-state index in [2.05, 4.69) is 12.6 Å². The zero-order valence-electron chi connectivity index (χ0n) is 12.6. The normalized spacial score (nSPS) is 10.5. The molecule has 0 amide bonds. The van der Waals surface area contributed by atoms with Crippen molar-refractivity contribution in [2.45, 2.75) is 51.9 Å². The van der Waals surface area contributed by atoms with Crippen molar-refractivity contribution in [3.8, 4) is 11.5 Å². The fourth-order valence-electron chi connectivity index (χ4n) is 2.09. The van der Waals surface area contributed by atoms with E-state index in [1.54, 1.807) is 0 Å². The zero-order chi connectivity index (χ0) is 14.5. The lowest BCUT2D eigenvalue weighted by Crippen LogP contribution is -1.97. The van der Waals surface area contributed by atoms with Gasteiger partial charge < -0.3 is 9.47 Å². The molecule has 0 aliphatic carbocycles. The van der Waals surface area contributed by atoms with Crippen molar-refractivity contribution in [3.05, 3.63) is 24.3 Å². The van der Waals surface area contributed by atoms with Gasteiger partial charge in [-0.25, -0.2) is 0 Å². The van der Waals surface area contributed by atoms with Gasteiger partial charge in [0, 0.05) is 0 Å². The first-order valence-electron chi connectivity index (χ1n) is 7.83. The van der Waals surface area contributed by atoms with Crippen molar-refractivity contribution in [1.29, 1.82) is 0 Å². The van der Waals surface area contributed by atoms with Crippen molar-refractivity contribution in [3.63, 3.8) is 0 Å². The Hall–Kier alpha value is -0.830. The summed E-state index contributed by atoms with van der Waals surface area (Å²) in [5, 5.41) is 0. The molecule has 3 heteroatoms. The Morgan fingerprint density at radius 1 is 0.750 bits per heavy atom. The number of benzene rings is 1. The molecular formula is C17H28O2S. The van der Waals surface area contributed by atoms with E-state index in [9.17, 15) is 0 Å². The van der Waals surface area contributed by atoms with E-state index in [-0.39, 0.29) is 0 Å². The predicted octanol–water partition coefficient (Wildman–Crippen LogP) is 5.12. The van der Waals surface area contributed by atoms with E-state index in [1.165, 1.54) is 38.5 Å². The molecule has 0 aromatic heterocycles. The number of hydrogen-bond acceptors (Lipinski definition) is 3. The second kappa shape index (κ2) is 12.0. The van der Waals surface area contributed by atoms with Crippen molar-refractivity contribution in [2.75, 3.05) is 19.0 Å². The minimum atomic E-state index is 0.703. The molecule has 0 N–H and O–H groups in total. The fourth-order valence-corrected chi connectivity index (χ4v) is 2.31. The Morgan fingerprint density at radius 3 is 1.80 bits per heavy atom. The van der Waals surface area contributed by atoms with Crippen molar-refractivity contribution < 1.29 is 9.47 Å². The molecule has 0 saturated carbocycles. The van der Waals surface area contributed by atoms with E-state index >= 15 is 0 Å². The van der Waals surface area contributed by atoms with Gasteiger partial charge in [0.05, 0.1) is 13.2 Å². The number of thiol groups is 1. The van der Waals surface area contributed by atoms with Gasteiger partial charge in [-0.3, -0.25) is 0 Å². The summed E-state index contributed by atoms with van der Waals surface area (Å²) in [7, 11) is 0. The summed E-state index contributed by atoms with van der Waals surface area (Å²) < 4.78 is 11.1. The minimum absolute atomic E-state index is 0.703. The van der Waals surface area contributed by atoms with Crippen LogP contribution in [0.15, 0.2) is 24.3 Å². The third-order valence-corrected chi connectivity index (χ3v) is 3.52. The molecule has 0 radical (unpaired) electrons. The highest BCUT2D eigenvalue weighted by Crippen LogP contribution is 2.18. The van der Waals surface area contributed by atoms with Gasteiger partial charge in [0.15, 0.2) is 0 Å². The first-order valence-corrected chi connectivity index (χ1v) is 8.46. The van der Waals surface area contributed by atoms with Crippen LogP contribution in [0.5, 0.6) is 11.5 Å². The maximum atomic E-state index is 5.72. The van der Waals surface area contributed by atoms with Crippen LogP contribution in [0.1, 0.15) is 51.9 Å². The molecule has 1 rings (SSSR count). The summed E-state index contributed by atoms with van der Waals surface area (Å²) in [5.41, 5.74) is 0. The Bertz CT molecular complexity index is 324. The van der Waals surface area contributed by atoms with Gasteiger partial charge >= 0.3 is 0 Å². The van der Waals surface area contributed by atoms with E-state index < -0.39 is 0 Å². The average molecular weight is 296 g/mol. The monoisotopic (exact) mass is 296 g/mol. The van der Waals surface area contributed by atoms with Crippen LogP contribution in [0.4, 0.5) is 0 Å². The van der Waals surface area contributed by atoms with Gasteiger partial charge in [0.1, 0.15) is 11.5 Å². The molecule has 20 heavy (non-hydrogen) atoms. The highest BCUT2D eigenvalue weighted by molar-refractivity contribution is 7.80. The predicted molar refractivity (Wildman–Crippen MR) is 89.3 cm³/mol. The molecule has 0 fully saturated rings. The summed E-state index contributed by atoms with van der Waals surface area (Å²) in [4.78, 5) is 0. The lowest BCUT2D eigenvalue weighted by atomic mass is 10.1. The third kappa shape index (κ3) is 8.36. The van der Waals surface area contributed by atoms with E-state index in [1.807, 2.05) is 31.2 Å². The first-order chi connectivity index (χ1) is 9.86. The van der Waals surface area contributed by atoms with Crippen molar-refractivity contribution in [2.24, 2.45) is 0 Å². The number of rotatable bonds is 12. The van der Waals surface area contributed by atoms with Gasteiger partial charge in [-0.15, -0.1) is 0 Å². The molecule has 2 nitrogen and oxygen atoms in total. The highest BCUT2D eigenvalue weighted by Gasteiger charge is 1.96. The van der Waals surface area contributed by atoms with Crippen LogP contribution in [0.2, 0.25) is 0 Å². The van der Waals surface area contributed by atoms with E-state index in [4.69, 9.17) is 9.47 Å². The molecular weight excluding hydrogens is 268 g/mol. The Morgan fingerprint density at radius 2 is 1.25 bits per heavy atom. The molecule has 0 saturated heterocycles. The molecule has 1 aromatic rings. The molecule has 0 atom stereocenters. The summed E-state index contributed by atoms with van der Waals surface area (Å²) in [5.74, 6) is 2.86. The van der Waals surface area contributed by atoms with Crippen LogP contribution in [-0.4, -0.2) is 19.0 Å². The quantitative estimate of drug-likeness (QED) is 0.426. The molecule has 0 aliphatic heterocycles. The standard InChI is InChI=1S/C17H28O2S/c1-2-18-16-10-12-17(13-11-16)19-14-8-6-4-3-5-7-9-15-20/h10-13,20H,2-9,14-15H2,1H3. The molecule has 0 aliphatic rings. The van der Waals surface area contributed by atoms with Crippen LogP contribution in [-0.2, 0) is 0 Å². The number of ether oxygens (including phenoxy) is 2. The topological polar surface area (TPSA) is 18.5 Å². The summed E-state index contributed by atoms with van der Waals surface area (Å²) in [6.07, 6.45) is 8.99. The largest absolute Gasteiger partial charge is 0.494 e. The second-order valence-electron chi connectivity index (χ2n) is 4.95. The van der Waals surface area contributed by atoms with Gasteiger partial charge in [-0.1, -0.05) is 32.1 Å². The van der Waals surface area contributed by atoms with Crippen LogP contribution in [0, 0.1) is 0 Å². The highest BCUT2D eigenvalue weighted by atomic mass is 32.1. The van der Waals surface area contributed by atoms with Gasteiger partial charge in [-0.2, -0.15) is 12.6 Å². The minimum Gasteiger partial charge on any atom is -0.494 e. The third-order valence-electron chi connectivity index (χ3n) is 3.21. The van der Waals surface area contributed by atoms with Crippen molar-refractivity contribution >= 4 is 12.6 Å². The Labute approximate surface area is 129 Å². The Balaban J connectivity index is 1.98. The van der Waals surface area contributed by atoms with Crippen molar-refractivity contribution in [1.82, 2.24) is 0 Å². The van der Waals surface area contributed by atoms with Gasteiger partial charge in [0.2, 0.25) is 0 Å². The number of hydrogen-bond donors (Lipinski definition) is 1. The molecule has 0 heterocycles. The van der Waals surface area contributed by atoms with Crippen LogP contribution in [0.3, 0.4) is 0 Å². The molecule has 0 spiro atoms. The SMILES string of the molecule is CCOc1ccc(OCCCCCCCCCS)cc1. The van der Waals surface area contributed by atoms with Gasteiger partial charge in [-0.05, 0) is 49.8 Å². The summed E-state index contributed by atoms with van der Waals surface area (Å²) in [6.45, 7) is 3.50. The lowest BCUT2D eigenvalue weighted by molar-refractivity contribution is 0.302. The van der Waals surface area contributed by atoms with Crippen LogP contribution < -0.4 is 9.47 Å². The summed E-state index contributed by atoms with van der Waals surface area (Å²) >= 11 is 4.22. The molecule has 1 aromatic carbocycles. The maximum Gasteiger partial charge on any atom is 0.119 e. The Kier molecular flexibility index (Phi) is 10.3. The molecule has 0 unspecified atom stereocenters. The summed E-state index contributed by atoms with van der Waals surface area (Å²) in [6, 6.07) is 7.87. The maximum absolute atomic E-state index is 5.72. The molecule has 0 bridgehead atoms. The van der Waals surface area contributed by atoms with E-state index in [0.29, 0.717) is 6.61 Å². The average Bonchev–Trinajstić information content (AvgIpc) is 2.47. The van der Waals surface area contributed by atoms with Gasteiger partial charge in [0.25, 0.3) is 0 Å². The van der Waals surface area contributed by atoms with Crippen LogP contribution >= 0.6 is 12.6 Å². The van der Waals surface area contributed by atoms with E-state index in [0.717, 1.165) is 30.3 Å². The lowest BCUT2D eigenvalue weighted by Gasteiger charge is -2.07. The first kappa shape index (κ1) is 17.2. The second-order valence-corrected chi connectivity index (χ2v) is 5.40. The smallest absolute Gasteiger partial charge is 0.119 e. The molecule has 114 valence electrons. The fraction of sp³-hybridized carbons (Fsp3) is 0.647. The zero-order valence-corrected chi connectivity index (χ0v) is 13.5.